The van der Waals surface area contributed by atoms with E-state index in [2.05, 4.69) is 24.1 Å². The predicted molar refractivity (Wildman–Crippen MR) is 112 cm³/mol. The van der Waals surface area contributed by atoms with Crippen LogP contribution in [-0.4, -0.2) is 29.8 Å². The number of anilines is 1. The molecule has 1 aliphatic rings. The smallest absolute Gasteiger partial charge is 0.412 e. The van der Waals surface area contributed by atoms with Crippen molar-refractivity contribution in [2.24, 2.45) is 11.7 Å². The van der Waals surface area contributed by atoms with Crippen LogP contribution in [0.15, 0.2) is 30.5 Å². The third-order valence-electron chi connectivity index (χ3n) is 4.56. The van der Waals surface area contributed by atoms with E-state index in [0.717, 1.165) is 28.9 Å². The zero-order chi connectivity index (χ0) is 21.0. The van der Waals surface area contributed by atoms with E-state index in [-0.39, 0.29) is 0 Å². The lowest BCUT2D eigenvalue weighted by atomic mass is 9.93. The summed E-state index contributed by atoms with van der Waals surface area (Å²) in [4.78, 5) is 15.9. The molecule has 7 nitrogen and oxygen atoms in total. The predicted octanol–water partition coefficient (Wildman–Crippen LogP) is 4.35. The minimum Gasteiger partial charge on any atom is -0.492 e. The van der Waals surface area contributed by atoms with Gasteiger partial charge >= 0.3 is 6.09 Å². The van der Waals surface area contributed by atoms with E-state index in [1.807, 2.05) is 31.2 Å². The highest BCUT2D eigenvalue weighted by molar-refractivity contribution is 5.85. The molecule has 0 spiro atoms. The fraction of sp³-hybridized carbons (Fsp3) is 0.455. The number of amides is 1. The molecule has 3 N–H and O–H groups in total. The van der Waals surface area contributed by atoms with Crippen molar-refractivity contribution >= 4 is 11.9 Å². The topological polar surface area (TPSA) is 95.7 Å². The van der Waals surface area contributed by atoms with E-state index in [9.17, 15) is 4.79 Å². The molecule has 0 radical (unpaired) electrons. The molecule has 0 saturated heterocycles. The first-order chi connectivity index (χ1) is 13.8. The van der Waals surface area contributed by atoms with E-state index in [1.54, 1.807) is 13.1 Å². The third kappa shape index (κ3) is 5.38. The highest BCUT2D eigenvalue weighted by atomic mass is 16.5. The molecule has 0 unspecified atom stereocenters. The van der Waals surface area contributed by atoms with Crippen LogP contribution in [0.3, 0.4) is 0 Å². The Hall–Kier alpha value is -2.80. The maximum atomic E-state index is 11.7. The van der Waals surface area contributed by atoms with Crippen LogP contribution in [0.2, 0.25) is 0 Å². The minimum atomic E-state index is -0.526. The first kappa shape index (κ1) is 20.9. The lowest BCUT2D eigenvalue weighted by molar-refractivity contribution is 0.168. The average Bonchev–Trinajstić information content (AvgIpc) is 2.65. The molecule has 0 aliphatic carbocycles. The Morgan fingerprint density at radius 2 is 2.14 bits per heavy atom. The van der Waals surface area contributed by atoms with Gasteiger partial charge in [-0.2, -0.15) is 0 Å². The van der Waals surface area contributed by atoms with Gasteiger partial charge in [-0.25, -0.2) is 9.78 Å². The summed E-state index contributed by atoms with van der Waals surface area (Å²) in [6.07, 6.45) is 2.06. The first-order valence-corrected chi connectivity index (χ1v) is 9.89. The maximum absolute atomic E-state index is 11.7. The van der Waals surface area contributed by atoms with Crippen LogP contribution >= 0.6 is 0 Å². The number of carbonyl (C=O) groups is 1. The Kier molecular flexibility index (Phi) is 6.27. The minimum absolute atomic E-state index is 0.301. The lowest BCUT2D eigenvalue weighted by Gasteiger charge is -2.27. The number of fused-ring (bicyclic) bond motifs is 3. The van der Waals surface area contributed by atoms with Crippen molar-refractivity contribution in [2.45, 2.75) is 46.3 Å². The number of nitrogens with two attached hydrogens (primary N) is 1. The van der Waals surface area contributed by atoms with Crippen LogP contribution in [-0.2, 0) is 11.3 Å². The van der Waals surface area contributed by atoms with Gasteiger partial charge < -0.3 is 19.9 Å². The number of hydrogen-bond acceptors (Lipinski definition) is 6. The number of nitrogens with one attached hydrogen (secondary N) is 1. The largest absolute Gasteiger partial charge is 0.492 e. The number of ether oxygens (including phenoxy) is 3. The number of aromatic nitrogens is 1. The van der Waals surface area contributed by atoms with Gasteiger partial charge in [0.25, 0.3) is 0 Å². The van der Waals surface area contributed by atoms with Gasteiger partial charge in [-0.15, -0.1) is 0 Å². The van der Waals surface area contributed by atoms with Gasteiger partial charge in [-0.3, -0.25) is 5.32 Å². The van der Waals surface area contributed by atoms with E-state index in [1.165, 1.54) is 0 Å². The number of rotatable bonds is 7. The molecule has 1 aromatic carbocycles. The second kappa shape index (κ2) is 8.69. The van der Waals surface area contributed by atoms with Gasteiger partial charge in [0.05, 0.1) is 6.61 Å². The summed E-state index contributed by atoms with van der Waals surface area (Å²) < 4.78 is 16.7. The molecule has 1 atom stereocenters. The zero-order valence-electron chi connectivity index (χ0n) is 17.5. The van der Waals surface area contributed by atoms with Crippen molar-refractivity contribution in [3.05, 3.63) is 36.0 Å². The summed E-state index contributed by atoms with van der Waals surface area (Å²) in [5.41, 5.74) is 8.78. The second-order valence-corrected chi connectivity index (χ2v) is 8.06. The van der Waals surface area contributed by atoms with Gasteiger partial charge in [0.15, 0.2) is 0 Å². The SMILES string of the molecule is CCOC(=O)Nc1cc2c(cn1)COc1cc(OC[C@@](C)(N)CC(C)C)ccc1-2. The molecule has 0 saturated carbocycles. The van der Waals surface area contributed by atoms with E-state index >= 15 is 0 Å². The van der Waals surface area contributed by atoms with Crippen molar-refractivity contribution in [2.75, 3.05) is 18.5 Å². The molecular weight excluding hydrogens is 370 g/mol. The molecule has 0 fully saturated rings. The van der Waals surface area contributed by atoms with Gasteiger partial charge in [-0.1, -0.05) is 13.8 Å². The summed E-state index contributed by atoms with van der Waals surface area (Å²) in [6, 6.07) is 7.56. The summed E-state index contributed by atoms with van der Waals surface area (Å²) >= 11 is 0. The Balaban J connectivity index is 1.77. The lowest BCUT2D eigenvalue weighted by Crippen LogP contribution is -2.43. The van der Waals surface area contributed by atoms with Crippen LogP contribution in [0.25, 0.3) is 11.1 Å². The molecule has 1 aliphatic heterocycles. The Morgan fingerprint density at radius 1 is 1.34 bits per heavy atom. The standard InChI is InChI=1S/C22H29N3O4/c1-5-27-21(26)25-20-9-18-15(11-24-20)12-28-19-8-16(6-7-17(18)19)29-13-22(4,23)10-14(2)3/h6-9,11,14H,5,10,12-13,23H2,1-4H3,(H,24,25,26)/t22-/m0/s1. The van der Waals surface area contributed by atoms with Crippen molar-refractivity contribution in [1.82, 2.24) is 4.98 Å². The first-order valence-electron chi connectivity index (χ1n) is 9.89. The molecule has 1 aromatic heterocycles. The highest BCUT2D eigenvalue weighted by Gasteiger charge is 2.23. The van der Waals surface area contributed by atoms with Gasteiger partial charge in [-0.05, 0) is 49.9 Å². The Bertz CT molecular complexity index is 880. The van der Waals surface area contributed by atoms with Crippen molar-refractivity contribution in [3.8, 4) is 22.6 Å². The maximum Gasteiger partial charge on any atom is 0.412 e. The Morgan fingerprint density at radius 3 is 2.86 bits per heavy atom. The molecule has 29 heavy (non-hydrogen) atoms. The van der Waals surface area contributed by atoms with Crippen molar-refractivity contribution in [3.63, 3.8) is 0 Å². The molecule has 1 amide bonds. The number of nitrogens with zero attached hydrogens (tertiary/aromatic N) is 1. The number of pyridine rings is 1. The summed E-state index contributed by atoms with van der Waals surface area (Å²) in [7, 11) is 0. The number of benzene rings is 1. The molecule has 156 valence electrons. The van der Waals surface area contributed by atoms with Crippen molar-refractivity contribution in [1.29, 1.82) is 0 Å². The van der Waals surface area contributed by atoms with Crippen molar-refractivity contribution < 1.29 is 19.0 Å². The van der Waals surface area contributed by atoms with Gasteiger partial charge in [0.2, 0.25) is 0 Å². The zero-order valence-corrected chi connectivity index (χ0v) is 17.5. The number of hydrogen-bond donors (Lipinski definition) is 2. The van der Waals surface area contributed by atoms with Gasteiger partial charge in [0, 0.05) is 28.9 Å². The molecule has 2 aromatic rings. The quantitative estimate of drug-likeness (QED) is 0.718. The highest BCUT2D eigenvalue weighted by Crippen LogP contribution is 2.40. The molecular formula is C22H29N3O4. The summed E-state index contributed by atoms with van der Waals surface area (Å²) in [5.74, 6) is 2.38. The monoisotopic (exact) mass is 399 g/mol. The van der Waals surface area contributed by atoms with E-state index in [4.69, 9.17) is 19.9 Å². The normalized spacial score (nSPS) is 14.3. The summed E-state index contributed by atoms with van der Waals surface area (Å²) in [5, 5.41) is 2.64. The van der Waals surface area contributed by atoms with Crippen LogP contribution in [0.5, 0.6) is 11.5 Å². The average molecular weight is 399 g/mol. The molecule has 2 heterocycles. The van der Waals surface area contributed by atoms with E-state index in [0.29, 0.717) is 37.3 Å². The second-order valence-electron chi connectivity index (χ2n) is 8.06. The van der Waals surface area contributed by atoms with E-state index < -0.39 is 11.6 Å². The van der Waals surface area contributed by atoms with Crippen LogP contribution in [0.4, 0.5) is 10.6 Å². The molecule has 3 rings (SSSR count). The van der Waals surface area contributed by atoms with Crippen LogP contribution < -0.4 is 20.5 Å². The number of carbonyl (C=O) groups excluding carboxylic acids is 1. The third-order valence-corrected chi connectivity index (χ3v) is 4.56. The fourth-order valence-electron chi connectivity index (χ4n) is 3.52. The molecule has 0 bridgehead atoms. The van der Waals surface area contributed by atoms with Crippen LogP contribution in [0, 0.1) is 5.92 Å². The van der Waals surface area contributed by atoms with Gasteiger partial charge in [0.1, 0.15) is 30.5 Å². The van der Waals surface area contributed by atoms with Crippen LogP contribution in [0.1, 0.15) is 39.7 Å². The summed E-state index contributed by atoms with van der Waals surface area (Å²) in [6.45, 7) is 9.19. The Labute approximate surface area is 171 Å². The molecule has 7 heteroatoms. The fourth-order valence-corrected chi connectivity index (χ4v) is 3.52.